The lowest BCUT2D eigenvalue weighted by Gasteiger charge is -2.34. The van der Waals surface area contributed by atoms with Crippen LogP contribution in [0.4, 0.5) is 11.5 Å². The quantitative estimate of drug-likeness (QED) is 0.458. The van der Waals surface area contributed by atoms with Crippen LogP contribution in [0.3, 0.4) is 0 Å². The number of ether oxygens (including phenoxy) is 2. The zero-order valence-electron chi connectivity index (χ0n) is 19.7. The number of aromatic nitrogens is 1. The second-order valence-corrected chi connectivity index (χ2v) is 7.56. The monoisotopic (exact) mass is 440 g/mol. The van der Waals surface area contributed by atoms with E-state index in [0.29, 0.717) is 24.9 Å². The lowest BCUT2D eigenvalue weighted by molar-refractivity contribution is 0.270. The molecule has 8 heteroatoms. The predicted octanol–water partition coefficient (Wildman–Crippen LogP) is 3.21. The predicted molar refractivity (Wildman–Crippen MR) is 131 cm³/mol. The van der Waals surface area contributed by atoms with E-state index < -0.39 is 0 Å². The van der Waals surface area contributed by atoms with E-state index in [1.165, 1.54) is 0 Å². The maximum atomic E-state index is 5.59. The molecule has 0 radical (unpaired) electrons. The molecule has 8 nitrogen and oxygen atoms in total. The first-order valence-corrected chi connectivity index (χ1v) is 11.4. The van der Waals surface area contributed by atoms with E-state index in [2.05, 4.69) is 44.5 Å². The number of benzene rings is 1. The van der Waals surface area contributed by atoms with E-state index in [9.17, 15) is 0 Å². The van der Waals surface area contributed by atoms with Crippen molar-refractivity contribution >= 4 is 17.5 Å². The van der Waals surface area contributed by atoms with Crippen LogP contribution in [0.5, 0.6) is 11.5 Å². The molecular weight excluding hydrogens is 404 g/mol. The number of aliphatic imine (C=N–C) groups is 1. The van der Waals surface area contributed by atoms with Crippen LogP contribution >= 0.6 is 0 Å². The number of pyridine rings is 1. The maximum absolute atomic E-state index is 5.59. The molecule has 0 amide bonds. The van der Waals surface area contributed by atoms with Crippen molar-refractivity contribution in [2.24, 2.45) is 4.99 Å². The van der Waals surface area contributed by atoms with Crippen LogP contribution in [0.25, 0.3) is 0 Å². The number of hydrogen-bond donors (Lipinski definition) is 2. The van der Waals surface area contributed by atoms with Gasteiger partial charge in [-0.15, -0.1) is 0 Å². The summed E-state index contributed by atoms with van der Waals surface area (Å²) in [5, 5.41) is 6.62. The Morgan fingerprint density at radius 2 is 1.88 bits per heavy atom. The molecule has 2 aromatic rings. The topological polar surface area (TPSA) is 74.3 Å². The van der Waals surface area contributed by atoms with Gasteiger partial charge in [0.25, 0.3) is 0 Å². The Morgan fingerprint density at radius 1 is 1.06 bits per heavy atom. The summed E-state index contributed by atoms with van der Waals surface area (Å²) in [6, 6.07) is 9.98. The molecule has 32 heavy (non-hydrogen) atoms. The summed E-state index contributed by atoms with van der Waals surface area (Å²) in [7, 11) is 1.64. The molecule has 174 valence electrons. The minimum atomic E-state index is 0.542. The first-order chi connectivity index (χ1) is 15.7. The second kappa shape index (κ2) is 12.1. The molecule has 1 aliphatic heterocycles. The zero-order valence-corrected chi connectivity index (χ0v) is 19.7. The summed E-state index contributed by atoms with van der Waals surface area (Å²) < 4.78 is 11.0. The van der Waals surface area contributed by atoms with E-state index in [4.69, 9.17) is 14.5 Å². The van der Waals surface area contributed by atoms with Crippen LogP contribution in [0.15, 0.2) is 41.5 Å². The van der Waals surface area contributed by atoms with Crippen molar-refractivity contribution < 1.29 is 9.47 Å². The summed E-state index contributed by atoms with van der Waals surface area (Å²) >= 11 is 0. The van der Waals surface area contributed by atoms with Gasteiger partial charge in [-0.05, 0) is 44.2 Å². The summed E-state index contributed by atoms with van der Waals surface area (Å²) in [5.41, 5.74) is 1.95. The van der Waals surface area contributed by atoms with Crippen molar-refractivity contribution in [2.75, 3.05) is 63.2 Å². The van der Waals surface area contributed by atoms with Gasteiger partial charge in [0.1, 0.15) is 5.82 Å². The van der Waals surface area contributed by atoms with E-state index >= 15 is 0 Å². The Kier molecular flexibility index (Phi) is 8.98. The fourth-order valence-electron chi connectivity index (χ4n) is 3.62. The number of guanidine groups is 1. The molecule has 1 saturated heterocycles. The molecule has 0 aliphatic carbocycles. The zero-order chi connectivity index (χ0) is 22.8. The Balaban J connectivity index is 1.62. The maximum Gasteiger partial charge on any atom is 0.196 e. The Labute approximate surface area is 191 Å². The van der Waals surface area contributed by atoms with Crippen LogP contribution in [0, 0.1) is 0 Å². The van der Waals surface area contributed by atoms with E-state index in [-0.39, 0.29) is 0 Å². The van der Waals surface area contributed by atoms with Crippen molar-refractivity contribution in [3.63, 3.8) is 0 Å². The van der Waals surface area contributed by atoms with Gasteiger partial charge in [0, 0.05) is 50.7 Å². The molecule has 0 unspecified atom stereocenters. The Morgan fingerprint density at radius 3 is 2.50 bits per heavy atom. The summed E-state index contributed by atoms with van der Waals surface area (Å²) in [4.78, 5) is 14.2. The summed E-state index contributed by atoms with van der Waals surface area (Å²) in [6.07, 6.45) is 1.93. The number of rotatable bonds is 9. The first kappa shape index (κ1) is 23.7. The molecule has 0 saturated carbocycles. The van der Waals surface area contributed by atoms with Gasteiger partial charge >= 0.3 is 0 Å². The summed E-state index contributed by atoms with van der Waals surface area (Å²) in [6.45, 7) is 13.5. The second-order valence-electron chi connectivity index (χ2n) is 7.56. The fourth-order valence-corrected chi connectivity index (χ4v) is 3.62. The molecule has 1 fully saturated rings. The third-order valence-corrected chi connectivity index (χ3v) is 5.44. The largest absolute Gasteiger partial charge is 0.493 e. The Bertz CT molecular complexity index is 863. The van der Waals surface area contributed by atoms with Gasteiger partial charge in [-0.1, -0.05) is 13.0 Å². The molecule has 2 N–H and O–H groups in total. The van der Waals surface area contributed by atoms with Crippen LogP contribution in [-0.4, -0.2) is 68.8 Å². The van der Waals surface area contributed by atoms with Gasteiger partial charge in [0.05, 0.1) is 20.3 Å². The average Bonchev–Trinajstić information content (AvgIpc) is 2.84. The number of nitrogens with one attached hydrogen (secondary N) is 2. The number of methoxy groups -OCH3 is 1. The van der Waals surface area contributed by atoms with Crippen molar-refractivity contribution in [1.82, 2.24) is 15.2 Å². The van der Waals surface area contributed by atoms with Gasteiger partial charge < -0.3 is 29.9 Å². The van der Waals surface area contributed by atoms with Gasteiger partial charge in [-0.3, -0.25) is 0 Å². The fraction of sp³-hybridized carbons (Fsp3) is 0.500. The lowest BCUT2D eigenvalue weighted by Crippen LogP contribution is -2.46. The van der Waals surface area contributed by atoms with Crippen molar-refractivity contribution in [2.45, 2.75) is 27.3 Å². The number of piperazine rings is 1. The minimum Gasteiger partial charge on any atom is -0.493 e. The highest BCUT2D eigenvalue weighted by Gasteiger charge is 2.16. The molecule has 1 aromatic heterocycles. The molecule has 1 aromatic carbocycles. The molecule has 0 atom stereocenters. The highest BCUT2D eigenvalue weighted by molar-refractivity contribution is 5.93. The van der Waals surface area contributed by atoms with Crippen LogP contribution in [0.1, 0.15) is 26.3 Å². The standard InChI is InChI=1S/C24H36N6O2/c1-5-25-24(28-20-9-10-21(32-7-3)22(16-20)31-4)27-18-19-8-11-23(26-17-19)30-14-12-29(6-2)13-15-30/h8-11,16-17H,5-7,12-15,18H2,1-4H3,(H2,25,27,28). The number of anilines is 2. The summed E-state index contributed by atoms with van der Waals surface area (Å²) in [5.74, 6) is 3.16. The van der Waals surface area contributed by atoms with Gasteiger partial charge in [-0.25, -0.2) is 9.98 Å². The third-order valence-electron chi connectivity index (χ3n) is 5.44. The molecule has 0 spiro atoms. The molecule has 1 aliphatic rings. The van der Waals surface area contributed by atoms with E-state index in [1.807, 2.05) is 38.2 Å². The smallest absolute Gasteiger partial charge is 0.196 e. The molecular formula is C24H36N6O2. The normalized spacial score (nSPS) is 14.9. The number of hydrogen-bond acceptors (Lipinski definition) is 6. The van der Waals surface area contributed by atoms with Crippen LogP contribution in [0.2, 0.25) is 0 Å². The highest BCUT2D eigenvalue weighted by Crippen LogP contribution is 2.30. The average molecular weight is 441 g/mol. The van der Waals surface area contributed by atoms with Crippen LogP contribution in [-0.2, 0) is 6.54 Å². The Hall–Kier alpha value is -3.00. The SMILES string of the molecule is CCNC(=NCc1ccc(N2CCN(CC)CC2)nc1)Nc1ccc(OCC)c(OC)c1. The van der Waals surface area contributed by atoms with Crippen molar-refractivity contribution in [3.8, 4) is 11.5 Å². The highest BCUT2D eigenvalue weighted by atomic mass is 16.5. The molecule has 2 heterocycles. The number of likely N-dealkylation sites (N-methyl/N-ethyl adjacent to an activating group) is 1. The van der Waals surface area contributed by atoms with Gasteiger partial charge in [0.2, 0.25) is 0 Å². The lowest BCUT2D eigenvalue weighted by atomic mass is 10.2. The van der Waals surface area contributed by atoms with Gasteiger partial charge in [-0.2, -0.15) is 0 Å². The molecule has 3 rings (SSSR count). The number of nitrogens with zero attached hydrogens (tertiary/aromatic N) is 4. The third kappa shape index (κ3) is 6.50. The van der Waals surface area contributed by atoms with Gasteiger partial charge in [0.15, 0.2) is 17.5 Å². The van der Waals surface area contributed by atoms with Crippen molar-refractivity contribution in [1.29, 1.82) is 0 Å². The van der Waals surface area contributed by atoms with E-state index in [0.717, 1.165) is 62.1 Å². The molecule has 0 bridgehead atoms. The first-order valence-electron chi connectivity index (χ1n) is 11.4. The van der Waals surface area contributed by atoms with Crippen LogP contribution < -0.4 is 25.0 Å². The van der Waals surface area contributed by atoms with E-state index in [1.54, 1.807) is 7.11 Å². The van der Waals surface area contributed by atoms with Crippen molar-refractivity contribution in [3.05, 3.63) is 42.1 Å². The minimum absolute atomic E-state index is 0.542.